The third-order valence-electron chi connectivity index (χ3n) is 4.21. The molecule has 138 valence electrons. The molecule has 4 rings (SSSR count). The molecule has 0 amide bonds. The van der Waals surface area contributed by atoms with Gasteiger partial charge < -0.3 is 9.05 Å². The van der Waals surface area contributed by atoms with Crippen LogP contribution < -0.4 is 9.05 Å². The molecule has 0 saturated heterocycles. The third kappa shape index (κ3) is 4.33. The van der Waals surface area contributed by atoms with Gasteiger partial charge in [-0.05, 0) is 46.7 Å². The van der Waals surface area contributed by atoms with Crippen molar-refractivity contribution < 1.29 is 13.6 Å². The SMILES string of the molecule is O=P(/C=C\c1cccc2ccccc12)(Oc1ccccc1)Oc1ccccc1. The van der Waals surface area contributed by atoms with E-state index in [1.54, 1.807) is 30.3 Å². The first-order chi connectivity index (χ1) is 13.7. The Morgan fingerprint density at radius 3 is 1.79 bits per heavy atom. The van der Waals surface area contributed by atoms with E-state index in [0.29, 0.717) is 11.5 Å². The Morgan fingerprint density at radius 1 is 0.607 bits per heavy atom. The van der Waals surface area contributed by atoms with Crippen LogP contribution in [0, 0.1) is 0 Å². The van der Waals surface area contributed by atoms with Crippen molar-refractivity contribution in [2.75, 3.05) is 0 Å². The minimum absolute atomic E-state index is 0.490. The lowest BCUT2D eigenvalue weighted by molar-refractivity contribution is 0.398. The molecule has 0 radical (unpaired) electrons. The summed E-state index contributed by atoms with van der Waals surface area (Å²) in [6, 6.07) is 32.2. The Kier molecular flexibility index (Phi) is 5.27. The van der Waals surface area contributed by atoms with E-state index in [4.69, 9.17) is 9.05 Å². The van der Waals surface area contributed by atoms with Gasteiger partial charge in [0.15, 0.2) is 0 Å². The molecule has 4 aromatic rings. The molecule has 0 aliphatic carbocycles. The summed E-state index contributed by atoms with van der Waals surface area (Å²) in [5.41, 5.74) is 0.951. The molecule has 0 unspecified atom stereocenters. The van der Waals surface area contributed by atoms with Gasteiger partial charge in [0.1, 0.15) is 11.5 Å². The van der Waals surface area contributed by atoms with Crippen LogP contribution in [0.25, 0.3) is 16.8 Å². The first-order valence-electron chi connectivity index (χ1n) is 8.98. The second-order valence-electron chi connectivity index (χ2n) is 6.23. The maximum Gasteiger partial charge on any atom is 0.455 e. The molecule has 0 aliphatic heterocycles. The fourth-order valence-electron chi connectivity index (χ4n) is 2.90. The lowest BCUT2D eigenvalue weighted by Crippen LogP contribution is -1.98. The van der Waals surface area contributed by atoms with Crippen LogP contribution in [0.2, 0.25) is 0 Å². The predicted molar refractivity (Wildman–Crippen MR) is 115 cm³/mol. The summed E-state index contributed by atoms with van der Waals surface area (Å²) >= 11 is 0. The fourth-order valence-corrected chi connectivity index (χ4v) is 4.24. The highest BCUT2D eigenvalue weighted by molar-refractivity contribution is 7.58. The molecule has 0 fully saturated rings. The topological polar surface area (TPSA) is 35.5 Å². The van der Waals surface area contributed by atoms with Gasteiger partial charge in [-0.15, -0.1) is 0 Å². The number of rotatable bonds is 6. The number of benzene rings is 4. The van der Waals surface area contributed by atoms with Crippen LogP contribution in [0.5, 0.6) is 11.5 Å². The molecule has 0 aromatic heterocycles. The van der Waals surface area contributed by atoms with Crippen molar-refractivity contribution in [2.24, 2.45) is 0 Å². The Labute approximate surface area is 164 Å². The zero-order chi connectivity index (χ0) is 19.2. The van der Waals surface area contributed by atoms with Crippen LogP contribution >= 0.6 is 7.60 Å². The standard InChI is InChI=1S/C24H19O3P/c25-28(26-22-13-3-1-4-14-22,27-23-15-5-2-6-16-23)19-18-21-12-9-11-20-10-7-8-17-24(20)21/h1-19H/b19-18-. The summed E-state index contributed by atoms with van der Waals surface area (Å²) < 4.78 is 25.1. The molecule has 0 aliphatic rings. The molecule has 0 saturated carbocycles. The fraction of sp³-hybridized carbons (Fsp3) is 0. The Hall–Kier alpha value is -3.29. The van der Waals surface area contributed by atoms with Crippen molar-refractivity contribution >= 4 is 24.4 Å². The highest BCUT2D eigenvalue weighted by atomic mass is 31.2. The van der Waals surface area contributed by atoms with Gasteiger partial charge >= 0.3 is 7.60 Å². The summed E-state index contributed by atoms with van der Waals surface area (Å²) in [5.74, 6) is 2.50. The van der Waals surface area contributed by atoms with E-state index in [2.05, 4.69) is 0 Å². The van der Waals surface area contributed by atoms with Crippen LogP contribution in [0.3, 0.4) is 0 Å². The van der Waals surface area contributed by atoms with Crippen LogP contribution in [0.1, 0.15) is 5.56 Å². The van der Waals surface area contributed by atoms with E-state index in [1.807, 2.05) is 78.9 Å². The van der Waals surface area contributed by atoms with Gasteiger partial charge in [-0.25, -0.2) is 4.57 Å². The highest BCUT2D eigenvalue weighted by Gasteiger charge is 2.24. The smallest absolute Gasteiger partial charge is 0.413 e. The summed E-state index contributed by atoms with van der Waals surface area (Å²) in [6.45, 7) is 0. The van der Waals surface area contributed by atoms with Crippen molar-refractivity contribution in [1.82, 2.24) is 0 Å². The lowest BCUT2D eigenvalue weighted by atomic mass is 10.1. The molecule has 3 nitrogen and oxygen atoms in total. The van der Waals surface area contributed by atoms with Crippen molar-refractivity contribution in [3.63, 3.8) is 0 Å². The monoisotopic (exact) mass is 386 g/mol. The summed E-state index contributed by atoms with van der Waals surface area (Å²) in [5, 5.41) is 2.19. The van der Waals surface area contributed by atoms with Crippen molar-refractivity contribution in [2.45, 2.75) is 0 Å². The molecule has 0 heterocycles. The zero-order valence-corrected chi connectivity index (χ0v) is 16.0. The molecule has 0 bridgehead atoms. The van der Waals surface area contributed by atoms with Crippen molar-refractivity contribution in [3.05, 3.63) is 115 Å². The summed E-state index contributed by atoms with van der Waals surface area (Å²) in [7, 11) is -3.59. The first-order valence-corrected chi connectivity index (χ1v) is 10.6. The van der Waals surface area contributed by atoms with Crippen LogP contribution in [-0.4, -0.2) is 0 Å². The molecule has 4 aromatic carbocycles. The molecule has 28 heavy (non-hydrogen) atoms. The van der Waals surface area contributed by atoms with Gasteiger partial charge in [-0.1, -0.05) is 78.9 Å². The average Bonchev–Trinajstić information content (AvgIpc) is 2.74. The number of para-hydroxylation sites is 2. The van der Waals surface area contributed by atoms with E-state index < -0.39 is 7.60 Å². The maximum absolute atomic E-state index is 13.5. The van der Waals surface area contributed by atoms with Gasteiger partial charge in [-0.2, -0.15) is 0 Å². The van der Waals surface area contributed by atoms with Crippen molar-refractivity contribution in [1.29, 1.82) is 0 Å². The number of hydrogen-bond acceptors (Lipinski definition) is 3. The van der Waals surface area contributed by atoms with Crippen LogP contribution in [0.4, 0.5) is 0 Å². The Bertz CT molecular complexity index is 1090. The van der Waals surface area contributed by atoms with E-state index in [0.717, 1.165) is 16.3 Å². The van der Waals surface area contributed by atoms with E-state index in [9.17, 15) is 4.57 Å². The third-order valence-corrected chi connectivity index (χ3v) is 5.66. The molecule has 0 spiro atoms. The van der Waals surface area contributed by atoms with Gasteiger partial charge in [0.2, 0.25) is 0 Å². The molecular formula is C24H19O3P. The predicted octanol–water partition coefficient (Wildman–Crippen LogP) is 7.16. The van der Waals surface area contributed by atoms with Gasteiger partial charge in [0.05, 0.1) is 5.82 Å². The van der Waals surface area contributed by atoms with Crippen molar-refractivity contribution in [3.8, 4) is 11.5 Å². The Balaban J connectivity index is 1.70. The average molecular weight is 386 g/mol. The molecular weight excluding hydrogens is 367 g/mol. The zero-order valence-electron chi connectivity index (χ0n) is 15.1. The lowest BCUT2D eigenvalue weighted by Gasteiger charge is -2.17. The van der Waals surface area contributed by atoms with Crippen LogP contribution in [0.15, 0.2) is 109 Å². The van der Waals surface area contributed by atoms with E-state index in [-0.39, 0.29) is 0 Å². The molecule has 0 atom stereocenters. The normalized spacial score (nSPS) is 11.6. The molecule has 0 N–H and O–H groups in total. The van der Waals surface area contributed by atoms with Gasteiger partial charge in [-0.3, -0.25) is 0 Å². The minimum atomic E-state index is -3.59. The van der Waals surface area contributed by atoms with E-state index >= 15 is 0 Å². The highest BCUT2D eigenvalue weighted by Crippen LogP contribution is 2.50. The molecule has 4 heteroatoms. The van der Waals surface area contributed by atoms with Gasteiger partial charge in [0, 0.05) is 0 Å². The van der Waals surface area contributed by atoms with Crippen LogP contribution in [-0.2, 0) is 4.57 Å². The second-order valence-corrected chi connectivity index (χ2v) is 7.98. The summed E-state index contributed by atoms with van der Waals surface area (Å²) in [6.07, 6.45) is 1.80. The minimum Gasteiger partial charge on any atom is -0.413 e. The van der Waals surface area contributed by atoms with E-state index in [1.165, 1.54) is 5.82 Å². The number of hydrogen-bond donors (Lipinski definition) is 0. The van der Waals surface area contributed by atoms with Gasteiger partial charge in [0.25, 0.3) is 0 Å². The first kappa shape index (κ1) is 18.1. The summed E-state index contributed by atoms with van der Waals surface area (Å²) in [4.78, 5) is 0. The quantitative estimate of drug-likeness (QED) is 0.330. The maximum atomic E-state index is 13.5. The Morgan fingerprint density at radius 2 is 1.14 bits per heavy atom. The largest absolute Gasteiger partial charge is 0.455 e. The second kappa shape index (κ2) is 8.16. The number of fused-ring (bicyclic) bond motifs is 1.